The molecule has 0 saturated carbocycles. The maximum Gasteiger partial charge on any atom is 0.137 e. The van der Waals surface area contributed by atoms with E-state index in [1.54, 1.807) is 12.3 Å². The number of nitrogens with one attached hydrogen (secondary N) is 1. The van der Waals surface area contributed by atoms with Crippen molar-refractivity contribution in [1.29, 1.82) is 0 Å². The first-order chi connectivity index (χ1) is 6.09. The zero-order valence-corrected chi connectivity index (χ0v) is 5.70. The summed E-state index contributed by atoms with van der Waals surface area (Å²) in [6.45, 7) is -2.32. The van der Waals surface area contributed by atoms with Crippen molar-refractivity contribution in [2.45, 2.75) is 6.56 Å². The predicted molar refractivity (Wildman–Crippen MR) is 42.0 cm³/mol. The van der Waals surface area contributed by atoms with Gasteiger partial charge in [0, 0.05) is 17.8 Å². The average Bonchev–Trinajstić information content (AvgIpc) is 2.48. The van der Waals surface area contributed by atoms with Crippen LogP contribution < -0.4 is 0 Å². The summed E-state index contributed by atoms with van der Waals surface area (Å²) in [7, 11) is 0. The maximum atomic E-state index is 9.20. The van der Waals surface area contributed by atoms with Crippen LogP contribution in [0.2, 0.25) is 0 Å². The summed E-state index contributed by atoms with van der Waals surface area (Å²) >= 11 is 0. The van der Waals surface area contributed by atoms with Crippen molar-refractivity contribution in [3.05, 3.63) is 30.1 Å². The van der Waals surface area contributed by atoms with Crippen LogP contribution in [0.15, 0.2) is 24.5 Å². The van der Waals surface area contributed by atoms with Crippen LogP contribution in [-0.2, 0) is 6.56 Å². The molecule has 0 bridgehead atoms. The largest absolute Gasteiger partial charge is 0.392 e. The molecule has 0 aromatic carbocycles. The zero-order valence-electron chi connectivity index (χ0n) is 7.70. The fourth-order valence-electron chi connectivity index (χ4n) is 1.06. The molecule has 0 radical (unpaired) electrons. The second-order valence-corrected chi connectivity index (χ2v) is 2.21. The third kappa shape index (κ3) is 0.897. The number of fused-ring (bicyclic) bond motifs is 1. The van der Waals surface area contributed by atoms with Gasteiger partial charge in [0.2, 0.25) is 0 Å². The number of aromatic amines is 1. The Morgan fingerprint density at radius 1 is 1.64 bits per heavy atom. The fraction of sp³-hybridized carbons (Fsp3) is 0.125. The molecule has 3 heteroatoms. The van der Waals surface area contributed by atoms with E-state index in [4.69, 9.17) is 2.74 Å². The highest BCUT2D eigenvalue weighted by Crippen LogP contribution is 2.14. The van der Waals surface area contributed by atoms with Crippen LogP contribution in [0, 0.1) is 0 Å². The second-order valence-electron chi connectivity index (χ2n) is 2.21. The van der Waals surface area contributed by atoms with E-state index >= 15 is 0 Å². The molecule has 3 nitrogen and oxygen atoms in total. The Balaban J connectivity index is 2.75. The van der Waals surface area contributed by atoms with Gasteiger partial charge in [-0.2, -0.15) is 0 Å². The van der Waals surface area contributed by atoms with Gasteiger partial charge in [-0.3, -0.25) is 0 Å². The van der Waals surface area contributed by atoms with Gasteiger partial charge in [-0.05, 0) is 17.7 Å². The van der Waals surface area contributed by atoms with Crippen molar-refractivity contribution in [2.24, 2.45) is 0 Å². The van der Waals surface area contributed by atoms with Gasteiger partial charge in [-0.15, -0.1) is 0 Å². The minimum Gasteiger partial charge on any atom is -0.392 e. The quantitative estimate of drug-likeness (QED) is 0.638. The molecule has 2 N–H and O–H groups in total. The lowest BCUT2D eigenvalue weighted by atomic mass is 10.2. The summed E-state index contributed by atoms with van der Waals surface area (Å²) in [5, 5.41) is 9.80. The van der Waals surface area contributed by atoms with E-state index in [1.807, 2.05) is 0 Å². The van der Waals surface area contributed by atoms with Gasteiger partial charge in [-0.25, -0.2) is 4.98 Å². The molecular formula is C8H8N2O. The molecule has 0 unspecified atom stereocenters. The Morgan fingerprint density at radius 3 is 3.36 bits per heavy atom. The van der Waals surface area contributed by atoms with E-state index in [1.165, 1.54) is 12.3 Å². The first kappa shape index (κ1) is 4.51. The lowest BCUT2D eigenvalue weighted by Gasteiger charge is -1.95. The topological polar surface area (TPSA) is 48.9 Å². The Morgan fingerprint density at radius 2 is 2.55 bits per heavy atom. The maximum absolute atomic E-state index is 9.20. The lowest BCUT2D eigenvalue weighted by molar-refractivity contribution is 0.283. The van der Waals surface area contributed by atoms with E-state index in [2.05, 4.69) is 9.97 Å². The number of nitrogens with zero attached hydrogens (tertiary/aromatic N) is 1. The Hall–Kier alpha value is -1.35. The van der Waals surface area contributed by atoms with Crippen LogP contribution in [0.25, 0.3) is 11.0 Å². The molecule has 2 heterocycles. The molecule has 0 spiro atoms. The van der Waals surface area contributed by atoms with Crippen LogP contribution in [-0.4, -0.2) is 15.1 Å². The highest BCUT2D eigenvalue weighted by Gasteiger charge is 1.99. The van der Waals surface area contributed by atoms with E-state index in [0.717, 1.165) is 0 Å². The summed E-state index contributed by atoms with van der Waals surface area (Å²) in [5.74, 6) is 0. The zero-order chi connectivity index (χ0) is 9.47. The molecule has 0 amide bonds. The van der Waals surface area contributed by atoms with Crippen molar-refractivity contribution in [2.75, 3.05) is 0 Å². The number of aromatic nitrogens is 2. The SMILES string of the molecule is [2H]C([2H])(O)c1ccnc2[nH]ccc12. The first-order valence-corrected chi connectivity index (χ1v) is 3.24. The summed E-state index contributed by atoms with van der Waals surface area (Å²) in [6, 6.07) is 3.15. The highest BCUT2D eigenvalue weighted by atomic mass is 16.3. The second kappa shape index (κ2) is 2.36. The van der Waals surface area contributed by atoms with Crippen LogP contribution >= 0.6 is 0 Å². The third-order valence-corrected chi connectivity index (χ3v) is 1.58. The van der Waals surface area contributed by atoms with E-state index in [9.17, 15) is 5.11 Å². The Labute approximate surface area is 66.5 Å². The van der Waals surface area contributed by atoms with Gasteiger partial charge in [0.25, 0.3) is 0 Å². The Kier molecular flexibility index (Phi) is 0.967. The van der Waals surface area contributed by atoms with Crippen LogP contribution in [0.5, 0.6) is 0 Å². The van der Waals surface area contributed by atoms with Crippen molar-refractivity contribution in [3.63, 3.8) is 0 Å². The average molecular weight is 150 g/mol. The molecule has 2 rings (SSSR count). The molecule has 0 saturated heterocycles. The smallest absolute Gasteiger partial charge is 0.137 e. The Bertz CT molecular complexity index is 433. The van der Waals surface area contributed by atoms with E-state index in [-0.39, 0.29) is 5.56 Å². The summed E-state index contributed by atoms with van der Waals surface area (Å²) < 4.78 is 14.3. The number of aliphatic hydroxyl groups is 1. The van der Waals surface area contributed by atoms with Crippen LogP contribution in [0.1, 0.15) is 8.30 Å². The third-order valence-electron chi connectivity index (χ3n) is 1.58. The number of H-pyrrole nitrogens is 1. The van der Waals surface area contributed by atoms with Crippen molar-refractivity contribution in [1.82, 2.24) is 9.97 Å². The molecule has 0 atom stereocenters. The van der Waals surface area contributed by atoms with Crippen LogP contribution in [0.4, 0.5) is 0 Å². The normalized spacial score (nSPS) is 14.6. The van der Waals surface area contributed by atoms with Crippen LogP contribution in [0.3, 0.4) is 0 Å². The summed E-state index contributed by atoms with van der Waals surface area (Å²) in [4.78, 5) is 6.83. The van der Waals surface area contributed by atoms with E-state index < -0.39 is 6.56 Å². The predicted octanol–water partition coefficient (Wildman–Crippen LogP) is 1.06. The number of hydrogen-bond donors (Lipinski definition) is 2. The van der Waals surface area contributed by atoms with Crippen molar-refractivity contribution >= 4 is 11.0 Å². The molecule has 0 aliphatic carbocycles. The van der Waals surface area contributed by atoms with Crippen molar-refractivity contribution in [3.8, 4) is 0 Å². The lowest BCUT2D eigenvalue weighted by Crippen LogP contribution is -1.84. The number of pyridine rings is 1. The summed E-state index contributed by atoms with van der Waals surface area (Å²) in [5.41, 5.74) is 0.814. The molecule has 11 heavy (non-hydrogen) atoms. The molecule has 2 aromatic heterocycles. The number of hydrogen-bond acceptors (Lipinski definition) is 2. The van der Waals surface area contributed by atoms with Gasteiger partial charge in [0.15, 0.2) is 0 Å². The van der Waals surface area contributed by atoms with E-state index in [0.29, 0.717) is 11.0 Å². The minimum atomic E-state index is -2.32. The standard InChI is InChI=1S/C8H8N2O/c11-5-6-1-3-9-8-7(6)2-4-10-8/h1-4,11H,5H2,(H,9,10)/i5D2. The highest BCUT2D eigenvalue weighted by molar-refractivity contribution is 5.78. The van der Waals surface area contributed by atoms with Gasteiger partial charge in [-0.1, -0.05) is 0 Å². The molecule has 56 valence electrons. The molecular weight excluding hydrogens is 140 g/mol. The fourth-order valence-corrected chi connectivity index (χ4v) is 1.06. The van der Waals surface area contributed by atoms with Crippen molar-refractivity contribution < 1.29 is 7.85 Å². The number of rotatable bonds is 1. The first-order valence-electron chi connectivity index (χ1n) is 4.24. The minimum absolute atomic E-state index is 0.235. The van der Waals surface area contributed by atoms with Gasteiger partial charge >= 0.3 is 0 Å². The van der Waals surface area contributed by atoms with Gasteiger partial charge in [0.1, 0.15) is 5.65 Å². The molecule has 0 aliphatic rings. The molecule has 0 fully saturated rings. The monoisotopic (exact) mass is 150 g/mol. The molecule has 2 aromatic rings. The molecule has 0 aliphatic heterocycles. The van der Waals surface area contributed by atoms with Gasteiger partial charge < -0.3 is 10.1 Å². The summed E-state index contributed by atoms with van der Waals surface area (Å²) in [6.07, 6.45) is 3.12. The van der Waals surface area contributed by atoms with Gasteiger partial charge in [0.05, 0.1) is 9.30 Å².